The van der Waals surface area contributed by atoms with E-state index < -0.39 is 29.3 Å². The van der Waals surface area contributed by atoms with E-state index in [-0.39, 0.29) is 23.7 Å². The van der Waals surface area contributed by atoms with Crippen LogP contribution in [0.1, 0.15) is 73.1 Å². The fourth-order valence-electron chi connectivity index (χ4n) is 4.68. The topological polar surface area (TPSA) is 108 Å². The summed E-state index contributed by atoms with van der Waals surface area (Å²) < 4.78 is 0. The maximum atomic E-state index is 13.5. The minimum absolute atomic E-state index is 0.00816. The Morgan fingerprint density at radius 1 is 1.09 bits per heavy atom. The zero-order valence-electron chi connectivity index (χ0n) is 20.1. The molecule has 0 bridgehead atoms. The van der Waals surface area contributed by atoms with Gasteiger partial charge < -0.3 is 15.7 Å². The highest BCUT2D eigenvalue weighted by Gasteiger charge is 2.42. The van der Waals surface area contributed by atoms with Gasteiger partial charge in [-0.05, 0) is 48.6 Å². The predicted molar refractivity (Wildman–Crippen MR) is 125 cm³/mol. The van der Waals surface area contributed by atoms with E-state index >= 15 is 0 Å². The molecule has 1 heterocycles. The van der Waals surface area contributed by atoms with Crippen LogP contribution in [0, 0.1) is 29.1 Å². The van der Waals surface area contributed by atoms with Gasteiger partial charge in [-0.2, -0.15) is 0 Å². The number of carbonyl (C=O) groups excluding carboxylic acids is 2. The number of pyridine rings is 1. The molecular formula is C25H39N3O4. The molecular weight excluding hydrogens is 406 g/mol. The number of carboxylic acids is 1. The summed E-state index contributed by atoms with van der Waals surface area (Å²) in [4.78, 5) is 43.0. The van der Waals surface area contributed by atoms with Crippen LogP contribution in [-0.2, 0) is 14.4 Å². The smallest absolute Gasteiger partial charge is 0.307 e. The number of carbonyl (C=O) groups is 3. The standard InChI is InChI=1S/C25H39N3O4/c1-16(2)15-18(20(24(31)32)17-11-7-6-8-12-17)22(29)28-21(25(3,4)5)23(30)27-19-13-9-10-14-26-19/h9-10,13-14,16-18,20-21H,6-8,11-12,15H2,1-5H3,(H,28,29)(H,31,32)(H,26,27,30). The normalized spacial score (nSPS) is 17.9. The quantitative estimate of drug-likeness (QED) is 0.519. The Hall–Kier alpha value is -2.44. The van der Waals surface area contributed by atoms with Crippen molar-refractivity contribution in [1.82, 2.24) is 10.3 Å². The SMILES string of the molecule is CC(C)CC(C(=O)NC(C(=O)Nc1ccccn1)C(C)(C)C)C(C(=O)O)C1CCCCC1. The number of carboxylic acid groups (broad SMARTS) is 1. The van der Waals surface area contributed by atoms with Crippen LogP contribution >= 0.6 is 0 Å². The van der Waals surface area contributed by atoms with Crippen molar-refractivity contribution in [3.63, 3.8) is 0 Å². The second-order valence-electron chi connectivity index (χ2n) is 10.5. The van der Waals surface area contributed by atoms with Crippen LogP contribution in [-0.4, -0.2) is 33.9 Å². The van der Waals surface area contributed by atoms with Crippen molar-refractivity contribution >= 4 is 23.6 Å². The third-order valence-corrected chi connectivity index (χ3v) is 6.27. The number of aliphatic carboxylic acids is 1. The molecule has 1 saturated carbocycles. The van der Waals surface area contributed by atoms with Gasteiger partial charge >= 0.3 is 5.97 Å². The van der Waals surface area contributed by atoms with Crippen molar-refractivity contribution < 1.29 is 19.5 Å². The van der Waals surface area contributed by atoms with E-state index in [4.69, 9.17) is 0 Å². The Kier molecular flexibility index (Phi) is 9.22. The number of amides is 2. The second-order valence-corrected chi connectivity index (χ2v) is 10.5. The molecule has 7 heteroatoms. The van der Waals surface area contributed by atoms with Crippen LogP contribution in [0.25, 0.3) is 0 Å². The predicted octanol–water partition coefficient (Wildman–Crippen LogP) is 4.49. The summed E-state index contributed by atoms with van der Waals surface area (Å²) in [5.74, 6) is -2.49. The van der Waals surface area contributed by atoms with Gasteiger partial charge in [0.15, 0.2) is 0 Å². The minimum atomic E-state index is -0.914. The Labute approximate surface area is 191 Å². The molecule has 1 aliphatic carbocycles. The number of rotatable bonds is 9. The van der Waals surface area contributed by atoms with E-state index in [1.165, 1.54) is 0 Å². The molecule has 1 fully saturated rings. The molecule has 0 aromatic carbocycles. The molecule has 3 N–H and O–H groups in total. The molecule has 0 spiro atoms. The van der Waals surface area contributed by atoms with Gasteiger partial charge in [0.1, 0.15) is 11.9 Å². The third-order valence-electron chi connectivity index (χ3n) is 6.27. The molecule has 0 aliphatic heterocycles. The summed E-state index contributed by atoms with van der Waals surface area (Å²) in [5, 5.41) is 15.8. The molecule has 0 radical (unpaired) electrons. The molecule has 7 nitrogen and oxygen atoms in total. The Bertz CT molecular complexity index is 767. The molecule has 3 unspecified atom stereocenters. The maximum Gasteiger partial charge on any atom is 0.307 e. The fraction of sp³-hybridized carbons (Fsp3) is 0.680. The second kappa shape index (κ2) is 11.4. The molecule has 2 amide bonds. The first-order valence-corrected chi connectivity index (χ1v) is 11.8. The molecule has 1 aromatic rings. The lowest BCUT2D eigenvalue weighted by Crippen LogP contribution is -2.54. The monoisotopic (exact) mass is 445 g/mol. The van der Waals surface area contributed by atoms with Crippen LogP contribution in [0.4, 0.5) is 5.82 Å². The zero-order chi connectivity index (χ0) is 23.9. The number of nitrogens with zero attached hydrogens (tertiary/aromatic N) is 1. The van der Waals surface area contributed by atoms with E-state index in [9.17, 15) is 19.5 Å². The van der Waals surface area contributed by atoms with E-state index in [2.05, 4.69) is 15.6 Å². The first-order chi connectivity index (χ1) is 15.0. The molecule has 32 heavy (non-hydrogen) atoms. The summed E-state index contributed by atoms with van der Waals surface area (Å²) in [7, 11) is 0. The van der Waals surface area contributed by atoms with Crippen molar-refractivity contribution in [1.29, 1.82) is 0 Å². The highest BCUT2D eigenvalue weighted by Crippen LogP contribution is 2.37. The van der Waals surface area contributed by atoms with Gasteiger partial charge in [-0.3, -0.25) is 14.4 Å². The molecule has 3 atom stereocenters. The average Bonchev–Trinajstić information content (AvgIpc) is 2.71. The fourth-order valence-corrected chi connectivity index (χ4v) is 4.68. The van der Waals surface area contributed by atoms with E-state index in [0.29, 0.717) is 12.2 Å². The van der Waals surface area contributed by atoms with Gasteiger partial charge in [0.05, 0.1) is 11.8 Å². The van der Waals surface area contributed by atoms with E-state index in [1.807, 2.05) is 34.6 Å². The number of nitrogens with one attached hydrogen (secondary N) is 2. The molecule has 1 aliphatic rings. The van der Waals surface area contributed by atoms with Crippen molar-refractivity contribution in [2.45, 2.75) is 79.2 Å². The van der Waals surface area contributed by atoms with Gasteiger partial charge in [-0.25, -0.2) is 4.98 Å². The van der Waals surface area contributed by atoms with Crippen LogP contribution in [0.5, 0.6) is 0 Å². The summed E-state index contributed by atoms with van der Waals surface area (Å²) in [6, 6.07) is 4.39. The molecule has 2 rings (SSSR count). The van der Waals surface area contributed by atoms with Crippen LogP contribution in [0.3, 0.4) is 0 Å². The minimum Gasteiger partial charge on any atom is -0.481 e. The van der Waals surface area contributed by atoms with Gasteiger partial charge in [0, 0.05) is 6.20 Å². The lowest BCUT2D eigenvalue weighted by molar-refractivity contribution is -0.151. The first kappa shape index (κ1) is 25.8. The number of anilines is 1. The van der Waals surface area contributed by atoms with Crippen molar-refractivity contribution in [3.8, 4) is 0 Å². The summed E-state index contributed by atoms with van der Waals surface area (Å²) in [6.07, 6.45) is 6.84. The lowest BCUT2D eigenvalue weighted by Gasteiger charge is -2.36. The van der Waals surface area contributed by atoms with Crippen molar-refractivity contribution in [2.75, 3.05) is 5.32 Å². The highest BCUT2D eigenvalue weighted by molar-refractivity contribution is 5.97. The summed E-state index contributed by atoms with van der Waals surface area (Å²) in [5.41, 5.74) is -0.569. The number of hydrogen-bond acceptors (Lipinski definition) is 4. The molecule has 0 saturated heterocycles. The molecule has 1 aromatic heterocycles. The summed E-state index contributed by atoms with van der Waals surface area (Å²) >= 11 is 0. The van der Waals surface area contributed by atoms with Crippen LogP contribution in [0.15, 0.2) is 24.4 Å². The van der Waals surface area contributed by atoms with E-state index in [0.717, 1.165) is 32.1 Å². The first-order valence-electron chi connectivity index (χ1n) is 11.8. The molecule has 178 valence electrons. The van der Waals surface area contributed by atoms with E-state index in [1.54, 1.807) is 24.4 Å². The largest absolute Gasteiger partial charge is 0.481 e. The zero-order valence-corrected chi connectivity index (χ0v) is 20.1. The lowest BCUT2D eigenvalue weighted by atomic mass is 9.71. The highest BCUT2D eigenvalue weighted by atomic mass is 16.4. The van der Waals surface area contributed by atoms with Gasteiger partial charge in [0.2, 0.25) is 11.8 Å². The summed E-state index contributed by atoms with van der Waals surface area (Å²) in [6.45, 7) is 9.62. The Balaban J connectivity index is 2.27. The van der Waals surface area contributed by atoms with Crippen LogP contribution in [0.2, 0.25) is 0 Å². The van der Waals surface area contributed by atoms with Crippen molar-refractivity contribution in [3.05, 3.63) is 24.4 Å². The van der Waals surface area contributed by atoms with Gasteiger partial charge in [0.25, 0.3) is 0 Å². The van der Waals surface area contributed by atoms with Gasteiger partial charge in [-0.15, -0.1) is 0 Å². The number of aromatic nitrogens is 1. The average molecular weight is 446 g/mol. The Morgan fingerprint density at radius 2 is 1.75 bits per heavy atom. The Morgan fingerprint density at radius 3 is 2.25 bits per heavy atom. The third kappa shape index (κ3) is 7.31. The van der Waals surface area contributed by atoms with Crippen molar-refractivity contribution in [2.24, 2.45) is 29.1 Å². The maximum absolute atomic E-state index is 13.5. The van der Waals surface area contributed by atoms with Crippen LogP contribution < -0.4 is 10.6 Å². The number of hydrogen-bond donors (Lipinski definition) is 3. The van der Waals surface area contributed by atoms with Gasteiger partial charge in [-0.1, -0.05) is 59.9 Å².